The van der Waals surface area contributed by atoms with Gasteiger partial charge in [0.1, 0.15) is 0 Å². The third-order valence-electron chi connectivity index (χ3n) is 4.69. The van der Waals surface area contributed by atoms with Crippen LogP contribution in [-0.2, 0) is 10.0 Å². The fourth-order valence-electron chi connectivity index (χ4n) is 3.54. The molecule has 2 aliphatic rings. The Kier molecular flexibility index (Phi) is 6.09. The van der Waals surface area contributed by atoms with Crippen LogP contribution in [0.5, 0.6) is 0 Å². The molecule has 0 aromatic rings. The number of piperidine rings is 1. The average molecular weight is 317 g/mol. The first-order chi connectivity index (χ1) is 9.84. The summed E-state index contributed by atoms with van der Waals surface area (Å²) in [5.41, 5.74) is 0. The molecule has 2 rings (SSSR count). The van der Waals surface area contributed by atoms with Crippen molar-refractivity contribution in [3.8, 4) is 0 Å². The van der Waals surface area contributed by atoms with E-state index >= 15 is 0 Å². The highest BCUT2D eigenvalue weighted by atomic mass is 32.2. The van der Waals surface area contributed by atoms with Crippen molar-refractivity contribution in [3.05, 3.63) is 0 Å². The largest absolute Gasteiger partial charge is 0.314 e. The summed E-state index contributed by atoms with van der Waals surface area (Å²) in [4.78, 5) is 0. The Balaban J connectivity index is 1.85. The van der Waals surface area contributed by atoms with Crippen molar-refractivity contribution in [2.45, 2.75) is 58.4 Å². The standard InChI is InChI=1S/C16H32N2O2S/c1-13(2)9-15(11-17-16-6-7-16)10-14-5-4-8-18(12-14)21(3,19)20/h13-17H,4-12H2,1-3H3. The van der Waals surface area contributed by atoms with Crippen LogP contribution in [0.3, 0.4) is 0 Å². The van der Waals surface area contributed by atoms with E-state index in [4.69, 9.17) is 0 Å². The molecule has 1 aliphatic heterocycles. The van der Waals surface area contributed by atoms with Crippen LogP contribution in [0, 0.1) is 17.8 Å². The second kappa shape index (κ2) is 7.42. The van der Waals surface area contributed by atoms with Gasteiger partial charge in [-0.15, -0.1) is 0 Å². The van der Waals surface area contributed by atoms with Crippen LogP contribution in [-0.4, -0.2) is 44.7 Å². The third kappa shape index (κ3) is 6.25. The van der Waals surface area contributed by atoms with E-state index in [0.717, 1.165) is 25.6 Å². The van der Waals surface area contributed by atoms with Crippen LogP contribution in [0.15, 0.2) is 0 Å². The molecule has 0 spiro atoms. The molecule has 0 radical (unpaired) electrons. The topological polar surface area (TPSA) is 49.4 Å². The molecule has 1 saturated carbocycles. The number of hydrogen-bond donors (Lipinski definition) is 1. The zero-order chi connectivity index (χ0) is 15.5. The van der Waals surface area contributed by atoms with Gasteiger partial charge in [0.15, 0.2) is 0 Å². The number of nitrogens with zero attached hydrogens (tertiary/aromatic N) is 1. The number of hydrogen-bond acceptors (Lipinski definition) is 3. The van der Waals surface area contributed by atoms with Crippen LogP contribution in [0.4, 0.5) is 0 Å². The number of rotatable bonds is 8. The second-order valence-electron chi connectivity index (χ2n) is 7.54. The summed E-state index contributed by atoms with van der Waals surface area (Å²) in [6.07, 6.45) is 8.63. The first kappa shape index (κ1) is 17.2. The molecule has 2 fully saturated rings. The van der Waals surface area contributed by atoms with E-state index in [0.29, 0.717) is 24.3 Å². The molecule has 124 valence electrons. The van der Waals surface area contributed by atoms with Gasteiger partial charge in [0.05, 0.1) is 6.26 Å². The van der Waals surface area contributed by atoms with Gasteiger partial charge >= 0.3 is 0 Å². The quantitative estimate of drug-likeness (QED) is 0.748. The van der Waals surface area contributed by atoms with Crippen molar-refractivity contribution in [3.63, 3.8) is 0 Å². The van der Waals surface area contributed by atoms with Crippen molar-refractivity contribution < 1.29 is 8.42 Å². The average Bonchev–Trinajstić information content (AvgIpc) is 3.18. The normalized spacial score (nSPS) is 26.2. The molecule has 0 amide bonds. The third-order valence-corrected chi connectivity index (χ3v) is 5.96. The van der Waals surface area contributed by atoms with Crippen LogP contribution in [0.1, 0.15) is 52.4 Å². The maximum absolute atomic E-state index is 11.7. The summed E-state index contributed by atoms with van der Waals surface area (Å²) in [6.45, 7) is 7.13. The Morgan fingerprint density at radius 3 is 2.52 bits per heavy atom. The van der Waals surface area contributed by atoms with E-state index in [1.165, 1.54) is 38.4 Å². The highest BCUT2D eigenvalue weighted by Crippen LogP contribution is 2.28. The smallest absolute Gasteiger partial charge is 0.211 e. The molecule has 21 heavy (non-hydrogen) atoms. The molecule has 5 heteroatoms. The van der Waals surface area contributed by atoms with Gasteiger partial charge in [-0.25, -0.2) is 12.7 Å². The van der Waals surface area contributed by atoms with Crippen LogP contribution in [0.2, 0.25) is 0 Å². The Hall–Kier alpha value is -0.130. The highest BCUT2D eigenvalue weighted by molar-refractivity contribution is 7.88. The Morgan fingerprint density at radius 2 is 1.95 bits per heavy atom. The molecule has 1 aliphatic carbocycles. The lowest BCUT2D eigenvalue weighted by Gasteiger charge is -2.33. The Morgan fingerprint density at radius 1 is 1.24 bits per heavy atom. The summed E-state index contributed by atoms with van der Waals surface area (Å²) in [6, 6.07) is 0.763. The molecule has 0 bridgehead atoms. The monoisotopic (exact) mass is 316 g/mol. The summed E-state index contributed by atoms with van der Waals surface area (Å²) < 4.78 is 25.1. The van der Waals surface area contributed by atoms with E-state index in [9.17, 15) is 8.42 Å². The minimum absolute atomic E-state index is 0.540. The van der Waals surface area contributed by atoms with Crippen molar-refractivity contribution in [1.29, 1.82) is 0 Å². The lowest BCUT2D eigenvalue weighted by molar-refractivity contribution is 0.216. The molecule has 4 nitrogen and oxygen atoms in total. The van der Waals surface area contributed by atoms with Crippen LogP contribution < -0.4 is 5.32 Å². The zero-order valence-electron chi connectivity index (χ0n) is 13.8. The van der Waals surface area contributed by atoms with Crippen molar-refractivity contribution in [2.24, 2.45) is 17.8 Å². The molecule has 0 aromatic carbocycles. The SMILES string of the molecule is CC(C)CC(CNC1CC1)CC1CCCN(S(C)(=O)=O)C1. The van der Waals surface area contributed by atoms with Gasteiger partial charge in [0.2, 0.25) is 10.0 Å². The highest BCUT2D eigenvalue weighted by Gasteiger charge is 2.29. The molecule has 0 aromatic heterocycles. The van der Waals surface area contributed by atoms with E-state index in [1.807, 2.05) is 0 Å². The van der Waals surface area contributed by atoms with Crippen molar-refractivity contribution in [1.82, 2.24) is 9.62 Å². The lowest BCUT2D eigenvalue weighted by atomic mass is 9.84. The van der Waals surface area contributed by atoms with E-state index in [-0.39, 0.29) is 0 Å². The van der Waals surface area contributed by atoms with E-state index in [2.05, 4.69) is 19.2 Å². The summed E-state index contributed by atoms with van der Waals surface area (Å²) >= 11 is 0. The van der Waals surface area contributed by atoms with Crippen molar-refractivity contribution in [2.75, 3.05) is 25.9 Å². The minimum Gasteiger partial charge on any atom is -0.314 e. The first-order valence-corrected chi connectivity index (χ1v) is 10.4. The number of nitrogens with one attached hydrogen (secondary N) is 1. The van der Waals surface area contributed by atoms with Gasteiger partial charge in [0.25, 0.3) is 0 Å². The van der Waals surface area contributed by atoms with Gasteiger partial charge in [-0.3, -0.25) is 0 Å². The molecule has 2 unspecified atom stereocenters. The maximum atomic E-state index is 11.7. The van der Waals surface area contributed by atoms with E-state index in [1.54, 1.807) is 4.31 Å². The Bertz CT molecular complexity index is 418. The zero-order valence-corrected chi connectivity index (χ0v) is 14.7. The predicted molar refractivity (Wildman–Crippen MR) is 87.7 cm³/mol. The summed E-state index contributed by atoms with van der Waals surface area (Å²) in [5, 5.41) is 3.66. The fraction of sp³-hybridized carbons (Fsp3) is 1.00. The van der Waals surface area contributed by atoms with Crippen LogP contribution >= 0.6 is 0 Å². The lowest BCUT2D eigenvalue weighted by Crippen LogP contribution is -2.40. The second-order valence-corrected chi connectivity index (χ2v) is 9.53. The molecule has 2 atom stereocenters. The summed E-state index contributed by atoms with van der Waals surface area (Å²) in [5.74, 6) is 1.94. The van der Waals surface area contributed by atoms with Crippen molar-refractivity contribution >= 4 is 10.0 Å². The Labute approximate surface area is 130 Å². The molecular formula is C16H32N2O2S. The van der Waals surface area contributed by atoms with Gasteiger partial charge < -0.3 is 5.32 Å². The van der Waals surface area contributed by atoms with Gasteiger partial charge in [-0.2, -0.15) is 0 Å². The number of sulfonamides is 1. The molecule has 1 N–H and O–H groups in total. The predicted octanol–water partition coefficient (Wildman–Crippen LogP) is 2.46. The van der Waals surface area contributed by atoms with Gasteiger partial charge in [-0.05, 0) is 62.8 Å². The molecule has 1 heterocycles. The van der Waals surface area contributed by atoms with E-state index < -0.39 is 10.0 Å². The van der Waals surface area contributed by atoms with Gasteiger partial charge in [0, 0.05) is 19.1 Å². The molecule has 1 saturated heterocycles. The minimum atomic E-state index is -3.02. The first-order valence-electron chi connectivity index (χ1n) is 8.53. The maximum Gasteiger partial charge on any atom is 0.211 e. The fourth-order valence-corrected chi connectivity index (χ4v) is 4.48. The van der Waals surface area contributed by atoms with Crippen LogP contribution in [0.25, 0.3) is 0 Å². The summed E-state index contributed by atoms with van der Waals surface area (Å²) in [7, 11) is -3.02. The van der Waals surface area contributed by atoms with Gasteiger partial charge in [-0.1, -0.05) is 13.8 Å². The molecular weight excluding hydrogens is 284 g/mol.